The highest BCUT2D eigenvalue weighted by molar-refractivity contribution is 5.90. The number of anilines is 2. The maximum absolute atomic E-state index is 11.9. The quantitative estimate of drug-likeness (QED) is 0.766. The largest absolute Gasteiger partial charge is 0.399 e. The summed E-state index contributed by atoms with van der Waals surface area (Å²) in [6.45, 7) is 2.75. The fraction of sp³-hybridized carbons (Fsp3) is 0.417. The molecular weight excluding hydrogens is 202 g/mol. The molecular formula is C12H17N3O. The van der Waals surface area contributed by atoms with Crippen LogP contribution in [-0.2, 0) is 0 Å². The summed E-state index contributed by atoms with van der Waals surface area (Å²) in [4.78, 5) is 13.8. The molecule has 16 heavy (non-hydrogen) atoms. The molecule has 1 fully saturated rings. The number of hydrogen-bond donors (Lipinski definition) is 2. The van der Waals surface area contributed by atoms with Crippen molar-refractivity contribution in [3.05, 3.63) is 24.3 Å². The number of carbonyl (C=O) groups is 1. The van der Waals surface area contributed by atoms with Crippen LogP contribution in [0.25, 0.3) is 0 Å². The lowest BCUT2D eigenvalue weighted by Gasteiger charge is -2.20. The zero-order valence-corrected chi connectivity index (χ0v) is 9.44. The number of carbonyl (C=O) groups excluding carboxylic acids is 1. The Labute approximate surface area is 95.4 Å². The Kier molecular flexibility index (Phi) is 2.99. The topological polar surface area (TPSA) is 58.4 Å². The molecule has 0 radical (unpaired) electrons. The van der Waals surface area contributed by atoms with Gasteiger partial charge in [0.2, 0.25) is 0 Å². The second-order valence-corrected chi connectivity index (χ2v) is 4.07. The highest BCUT2D eigenvalue weighted by Gasteiger charge is 2.31. The molecule has 4 nitrogen and oxygen atoms in total. The van der Waals surface area contributed by atoms with E-state index < -0.39 is 0 Å². The number of nitrogens with two attached hydrogens (primary N) is 1. The van der Waals surface area contributed by atoms with Gasteiger partial charge >= 0.3 is 6.03 Å². The van der Waals surface area contributed by atoms with Gasteiger partial charge in [0.05, 0.1) is 0 Å². The maximum atomic E-state index is 11.9. The van der Waals surface area contributed by atoms with Gasteiger partial charge in [-0.05, 0) is 38.0 Å². The third-order valence-corrected chi connectivity index (χ3v) is 2.73. The molecule has 1 aliphatic rings. The Morgan fingerprint density at radius 1 is 1.56 bits per heavy atom. The van der Waals surface area contributed by atoms with Crippen LogP contribution in [0, 0.1) is 0 Å². The molecule has 1 aromatic rings. The Hall–Kier alpha value is -1.71. The molecule has 0 unspecified atom stereocenters. The van der Waals surface area contributed by atoms with E-state index in [1.165, 1.54) is 0 Å². The molecule has 3 N–H and O–H groups in total. The summed E-state index contributed by atoms with van der Waals surface area (Å²) in [5.74, 6) is 0. The molecule has 0 spiro atoms. The van der Waals surface area contributed by atoms with Crippen molar-refractivity contribution >= 4 is 17.4 Å². The number of hydrogen-bond acceptors (Lipinski definition) is 2. The Morgan fingerprint density at radius 3 is 2.88 bits per heavy atom. The molecule has 0 heterocycles. The van der Waals surface area contributed by atoms with Crippen molar-refractivity contribution in [3.8, 4) is 0 Å². The van der Waals surface area contributed by atoms with Gasteiger partial charge in [-0.25, -0.2) is 4.79 Å². The van der Waals surface area contributed by atoms with Gasteiger partial charge in [0.15, 0.2) is 0 Å². The molecule has 1 aromatic carbocycles. The lowest BCUT2D eigenvalue weighted by molar-refractivity contribution is 0.212. The lowest BCUT2D eigenvalue weighted by Crippen LogP contribution is -2.36. The zero-order valence-electron chi connectivity index (χ0n) is 9.44. The van der Waals surface area contributed by atoms with Gasteiger partial charge in [0.1, 0.15) is 0 Å². The van der Waals surface area contributed by atoms with Crippen LogP contribution < -0.4 is 11.1 Å². The van der Waals surface area contributed by atoms with Crippen LogP contribution in [0.3, 0.4) is 0 Å². The van der Waals surface area contributed by atoms with E-state index in [1.807, 2.05) is 24.0 Å². The molecule has 4 heteroatoms. The first-order chi connectivity index (χ1) is 7.70. The number of rotatable bonds is 3. The van der Waals surface area contributed by atoms with E-state index in [9.17, 15) is 4.79 Å². The molecule has 2 amide bonds. The summed E-state index contributed by atoms with van der Waals surface area (Å²) in [5, 5.41) is 2.86. The van der Waals surface area contributed by atoms with E-state index in [4.69, 9.17) is 5.73 Å². The van der Waals surface area contributed by atoms with Gasteiger partial charge in [-0.3, -0.25) is 0 Å². The van der Waals surface area contributed by atoms with Gasteiger partial charge < -0.3 is 16.0 Å². The van der Waals surface area contributed by atoms with Crippen LogP contribution in [0.15, 0.2) is 24.3 Å². The zero-order chi connectivity index (χ0) is 11.5. The number of urea groups is 1. The summed E-state index contributed by atoms with van der Waals surface area (Å²) < 4.78 is 0. The van der Waals surface area contributed by atoms with E-state index in [0.29, 0.717) is 11.7 Å². The Bertz CT molecular complexity index is 388. The van der Waals surface area contributed by atoms with Crippen LogP contribution in [-0.4, -0.2) is 23.5 Å². The van der Waals surface area contributed by atoms with Crippen molar-refractivity contribution in [1.82, 2.24) is 4.90 Å². The first-order valence-corrected chi connectivity index (χ1v) is 5.64. The van der Waals surface area contributed by atoms with Crippen molar-refractivity contribution < 1.29 is 4.79 Å². The molecule has 0 bridgehead atoms. The van der Waals surface area contributed by atoms with E-state index in [1.54, 1.807) is 12.1 Å². The summed E-state index contributed by atoms with van der Waals surface area (Å²) in [5.41, 5.74) is 7.06. The van der Waals surface area contributed by atoms with Gasteiger partial charge in [-0.1, -0.05) is 6.07 Å². The smallest absolute Gasteiger partial charge is 0.322 e. The number of amides is 2. The summed E-state index contributed by atoms with van der Waals surface area (Å²) in [7, 11) is 0. The average Bonchev–Trinajstić information content (AvgIpc) is 3.03. The van der Waals surface area contributed by atoms with E-state index >= 15 is 0 Å². The molecule has 86 valence electrons. The highest BCUT2D eigenvalue weighted by atomic mass is 16.2. The number of benzene rings is 1. The minimum atomic E-state index is -0.0319. The fourth-order valence-corrected chi connectivity index (χ4v) is 1.77. The summed E-state index contributed by atoms with van der Waals surface area (Å²) in [6, 6.07) is 7.64. The van der Waals surface area contributed by atoms with Crippen molar-refractivity contribution in [2.24, 2.45) is 0 Å². The molecule has 0 aromatic heterocycles. The van der Waals surface area contributed by atoms with E-state index in [-0.39, 0.29) is 6.03 Å². The number of nitrogens with one attached hydrogen (secondary N) is 1. The van der Waals surface area contributed by atoms with Crippen LogP contribution >= 0.6 is 0 Å². The first kappa shape index (κ1) is 10.8. The minimum absolute atomic E-state index is 0.0319. The SMILES string of the molecule is CCN(C(=O)Nc1cccc(N)c1)C1CC1. The normalized spacial score (nSPS) is 14.6. The van der Waals surface area contributed by atoms with Gasteiger partial charge in [-0.15, -0.1) is 0 Å². The summed E-state index contributed by atoms with van der Waals surface area (Å²) >= 11 is 0. The summed E-state index contributed by atoms with van der Waals surface area (Å²) in [6.07, 6.45) is 2.25. The average molecular weight is 219 g/mol. The molecule has 0 atom stereocenters. The highest BCUT2D eigenvalue weighted by Crippen LogP contribution is 2.27. The monoisotopic (exact) mass is 219 g/mol. The lowest BCUT2D eigenvalue weighted by atomic mass is 10.3. The predicted octanol–water partition coefficient (Wildman–Crippen LogP) is 2.29. The fourth-order valence-electron chi connectivity index (χ4n) is 1.77. The van der Waals surface area contributed by atoms with Gasteiger partial charge in [-0.2, -0.15) is 0 Å². The Balaban J connectivity index is 2.00. The molecule has 2 rings (SSSR count). The van der Waals surface area contributed by atoms with Crippen molar-refractivity contribution in [2.45, 2.75) is 25.8 Å². The molecule has 1 aliphatic carbocycles. The molecule has 0 saturated heterocycles. The van der Waals surface area contributed by atoms with Crippen molar-refractivity contribution in [2.75, 3.05) is 17.6 Å². The predicted molar refractivity (Wildman–Crippen MR) is 65.3 cm³/mol. The third-order valence-electron chi connectivity index (χ3n) is 2.73. The molecule has 0 aliphatic heterocycles. The maximum Gasteiger partial charge on any atom is 0.322 e. The standard InChI is InChI=1S/C12H17N3O/c1-2-15(11-6-7-11)12(16)14-10-5-3-4-9(13)8-10/h3-5,8,11H,2,6-7,13H2,1H3,(H,14,16). The van der Waals surface area contributed by atoms with Crippen molar-refractivity contribution in [1.29, 1.82) is 0 Å². The second-order valence-electron chi connectivity index (χ2n) is 4.07. The second kappa shape index (κ2) is 4.43. The third kappa shape index (κ3) is 2.45. The Morgan fingerprint density at radius 2 is 2.31 bits per heavy atom. The minimum Gasteiger partial charge on any atom is -0.399 e. The van der Waals surface area contributed by atoms with Gasteiger partial charge in [0.25, 0.3) is 0 Å². The van der Waals surface area contributed by atoms with Crippen molar-refractivity contribution in [3.63, 3.8) is 0 Å². The molecule has 1 saturated carbocycles. The van der Waals surface area contributed by atoms with Crippen LogP contribution in [0.1, 0.15) is 19.8 Å². The van der Waals surface area contributed by atoms with E-state index in [2.05, 4.69) is 5.32 Å². The van der Waals surface area contributed by atoms with E-state index in [0.717, 1.165) is 25.1 Å². The van der Waals surface area contributed by atoms with Crippen LogP contribution in [0.4, 0.5) is 16.2 Å². The van der Waals surface area contributed by atoms with Crippen LogP contribution in [0.2, 0.25) is 0 Å². The number of nitrogens with zero attached hydrogens (tertiary/aromatic N) is 1. The van der Waals surface area contributed by atoms with Crippen LogP contribution in [0.5, 0.6) is 0 Å². The first-order valence-electron chi connectivity index (χ1n) is 5.64. The number of nitrogen functional groups attached to an aromatic ring is 1. The van der Waals surface area contributed by atoms with Gasteiger partial charge in [0, 0.05) is 24.0 Å².